The Labute approximate surface area is 88.4 Å². The molecule has 0 radical (unpaired) electrons. The Morgan fingerprint density at radius 2 is 2.00 bits per heavy atom. The van der Waals surface area contributed by atoms with Crippen LogP contribution in [0.3, 0.4) is 0 Å². The minimum atomic E-state index is -1.50. The van der Waals surface area contributed by atoms with Crippen molar-refractivity contribution in [3.8, 4) is 5.75 Å². The molecule has 0 saturated carbocycles. The van der Waals surface area contributed by atoms with E-state index in [1.165, 1.54) is 6.07 Å². The van der Waals surface area contributed by atoms with Crippen LogP contribution < -0.4 is 10.2 Å². The molecule has 5 heteroatoms. The topological polar surface area (TPSA) is 49.7 Å². The van der Waals surface area contributed by atoms with Crippen LogP contribution >= 0.6 is 11.6 Å². The second-order valence-corrected chi connectivity index (χ2v) is 3.64. The standard InChI is InChI=1S/C9H12BClO3/c1-6(2)14-9-5-7(10(12)13)3-4-8(9)11/h3-6,12-13H,1-2H3. The molecule has 0 spiro atoms. The normalized spacial score (nSPS) is 10.4. The van der Waals surface area contributed by atoms with E-state index in [1.54, 1.807) is 12.1 Å². The van der Waals surface area contributed by atoms with Crippen LogP contribution in [0, 0.1) is 0 Å². The van der Waals surface area contributed by atoms with Crippen LogP contribution in [0.25, 0.3) is 0 Å². The highest BCUT2D eigenvalue weighted by Crippen LogP contribution is 2.23. The SMILES string of the molecule is CC(C)Oc1cc(B(O)O)ccc1Cl. The first-order chi connectivity index (χ1) is 6.50. The van der Waals surface area contributed by atoms with Crippen LogP contribution in [0.2, 0.25) is 5.02 Å². The summed E-state index contributed by atoms with van der Waals surface area (Å²) in [7, 11) is -1.50. The van der Waals surface area contributed by atoms with Crippen LogP contribution in [0.5, 0.6) is 5.75 Å². The van der Waals surface area contributed by atoms with E-state index in [0.717, 1.165) is 0 Å². The molecule has 0 bridgehead atoms. The van der Waals surface area contributed by atoms with Gasteiger partial charge in [-0.2, -0.15) is 0 Å². The molecule has 0 amide bonds. The van der Waals surface area contributed by atoms with Crippen LogP contribution in [0.15, 0.2) is 18.2 Å². The summed E-state index contributed by atoms with van der Waals surface area (Å²) >= 11 is 5.86. The maximum atomic E-state index is 8.93. The average Bonchev–Trinajstić information content (AvgIpc) is 2.07. The van der Waals surface area contributed by atoms with Crippen molar-refractivity contribution in [3.05, 3.63) is 23.2 Å². The first-order valence-electron chi connectivity index (χ1n) is 4.33. The van der Waals surface area contributed by atoms with Gasteiger partial charge in [0, 0.05) is 0 Å². The number of hydrogen-bond acceptors (Lipinski definition) is 3. The van der Waals surface area contributed by atoms with E-state index in [1.807, 2.05) is 13.8 Å². The monoisotopic (exact) mass is 214 g/mol. The molecule has 76 valence electrons. The molecule has 0 fully saturated rings. The summed E-state index contributed by atoms with van der Waals surface area (Å²) in [5.41, 5.74) is 0.366. The van der Waals surface area contributed by atoms with Crippen molar-refractivity contribution in [1.82, 2.24) is 0 Å². The minimum Gasteiger partial charge on any atom is -0.489 e. The smallest absolute Gasteiger partial charge is 0.488 e. The van der Waals surface area contributed by atoms with Gasteiger partial charge in [-0.3, -0.25) is 0 Å². The van der Waals surface area contributed by atoms with Crippen molar-refractivity contribution >= 4 is 24.2 Å². The highest BCUT2D eigenvalue weighted by molar-refractivity contribution is 6.58. The van der Waals surface area contributed by atoms with Crippen LogP contribution in [0.1, 0.15) is 13.8 Å². The third-order valence-electron chi connectivity index (χ3n) is 1.62. The molecule has 1 aromatic carbocycles. The van der Waals surface area contributed by atoms with E-state index >= 15 is 0 Å². The zero-order chi connectivity index (χ0) is 10.7. The lowest BCUT2D eigenvalue weighted by molar-refractivity contribution is 0.242. The molecule has 14 heavy (non-hydrogen) atoms. The molecule has 0 saturated heterocycles. The second kappa shape index (κ2) is 4.69. The van der Waals surface area contributed by atoms with Crippen LogP contribution in [-0.4, -0.2) is 23.3 Å². The highest BCUT2D eigenvalue weighted by Gasteiger charge is 2.13. The predicted octanol–water partition coefficient (Wildman–Crippen LogP) is 0.807. The van der Waals surface area contributed by atoms with Crippen LogP contribution in [-0.2, 0) is 0 Å². The van der Waals surface area contributed by atoms with Gasteiger partial charge in [0.25, 0.3) is 0 Å². The summed E-state index contributed by atoms with van der Waals surface area (Å²) in [5.74, 6) is 0.465. The molecule has 1 rings (SSSR count). The van der Waals surface area contributed by atoms with Crippen molar-refractivity contribution in [2.75, 3.05) is 0 Å². The number of benzene rings is 1. The van der Waals surface area contributed by atoms with E-state index in [2.05, 4.69) is 0 Å². The fraction of sp³-hybridized carbons (Fsp3) is 0.333. The molecule has 0 aliphatic carbocycles. The van der Waals surface area contributed by atoms with Gasteiger partial charge in [-0.25, -0.2) is 0 Å². The van der Waals surface area contributed by atoms with Crippen molar-refractivity contribution in [2.45, 2.75) is 20.0 Å². The van der Waals surface area contributed by atoms with Gasteiger partial charge in [-0.15, -0.1) is 0 Å². The summed E-state index contributed by atoms with van der Waals surface area (Å²) < 4.78 is 5.38. The Hall–Kier alpha value is -0.705. The quantitative estimate of drug-likeness (QED) is 0.732. The number of halogens is 1. The lowest BCUT2D eigenvalue weighted by Gasteiger charge is -2.12. The van der Waals surface area contributed by atoms with Gasteiger partial charge in [0.15, 0.2) is 0 Å². The second-order valence-electron chi connectivity index (χ2n) is 3.23. The zero-order valence-electron chi connectivity index (χ0n) is 8.07. The number of hydrogen-bond donors (Lipinski definition) is 2. The highest BCUT2D eigenvalue weighted by atomic mass is 35.5. The molecule has 0 aliphatic heterocycles. The average molecular weight is 214 g/mol. The van der Waals surface area contributed by atoms with Gasteiger partial charge in [0.1, 0.15) is 5.75 Å². The van der Waals surface area contributed by atoms with Crippen molar-refractivity contribution in [2.24, 2.45) is 0 Å². The van der Waals surface area contributed by atoms with Gasteiger partial charge in [-0.1, -0.05) is 17.7 Å². The first-order valence-corrected chi connectivity index (χ1v) is 4.70. The van der Waals surface area contributed by atoms with Crippen LogP contribution in [0.4, 0.5) is 0 Å². The molecule has 0 aliphatic rings. The van der Waals surface area contributed by atoms with E-state index in [0.29, 0.717) is 16.2 Å². The number of ether oxygens (including phenoxy) is 1. The van der Waals surface area contributed by atoms with Crippen molar-refractivity contribution in [3.63, 3.8) is 0 Å². The summed E-state index contributed by atoms with van der Waals surface area (Å²) in [6.45, 7) is 3.75. The lowest BCUT2D eigenvalue weighted by Crippen LogP contribution is -2.29. The molecular formula is C9H12BClO3. The van der Waals surface area contributed by atoms with Gasteiger partial charge < -0.3 is 14.8 Å². The molecule has 3 nitrogen and oxygen atoms in total. The third kappa shape index (κ3) is 2.91. The van der Waals surface area contributed by atoms with E-state index in [9.17, 15) is 0 Å². The predicted molar refractivity (Wildman–Crippen MR) is 57.0 cm³/mol. The molecule has 2 N–H and O–H groups in total. The molecule has 1 aromatic rings. The summed E-state index contributed by atoms with van der Waals surface area (Å²) in [6.07, 6.45) is -0.00131. The number of rotatable bonds is 3. The van der Waals surface area contributed by atoms with Gasteiger partial charge in [-0.05, 0) is 31.4 Å². The molecule has 0 unspecified atom stereocenters. The molecule has 0 heterocycles. The van der Waals surface area contributed by atoms with E-state index < -0.39 is 7.12 Å². The largest absolute Gasteiger partial charge is 0.489 e. The Balaban J connectivity index is 2.96. The zero-order valence-corrected chi connectivity index (χ0v) is 8.82. The van der Waals surface area contributed by atoms with E-state index in [-0.39, 0.29) is 6.10 Å². The maximum Gasteiger partial charge on any atom is 0.488 e. The Bertz CT molecular complexity index is 315. The lowest BCUT2D eigenvalue weighted by atomic mass is 9.80. The fourth-order valence-electron chi connectivity index (χ4n) is 1.02. The Morgan fingerprint density at radius 1 is 1.36 bits per heavy atom. The van der Waals surface area contributed by atoms with Gasteiger partial charge >= 0.3 is 7.12 Å². The summed E-state index contributed by atoms with van der Waals surface area (Å²) in [4.78, 5) is 0. The van der Waals surface area contributed by atoms with Gasteiger partial charge in [0.05, 0.1) is 11.1 Å². The Morgan fingerprint density at radius 3 is 2.50 bits per heavy atom. The van der Waals surface area contributed by atoms with E-state index in [4.69, 9.17) is 26.4 Å². The minimum absolute atomic E-state index is 0.00131. The van der Waals surface area contributed by atoms with Crippen molar-refractivity contribution < 1.29 is 14.8 Å². The molecule has 0 atom stereocenters. The fourth-order valence-corrected chi connectivity index (χ4v) is 1.19. The first kappa shape index (κ1) is 11.4. The molecule has 0 aromatic heterocycles. The third-order valence-corrected chi connectivity index (χ3v) is 1.93. The molecular weight excluding hydrogens is 202 g/mol. The summed E-state index contributed by atoms with van der Waals surface area (Å²) in [5, 5.41) is 18.3. The van der Waals surface area contributed by atoms with Crippen molar-refractivity contribution in [1.29, 1.82) is 0 Å². The van der Waals surface area contributed by atoms with Gasteiger partial charge in [0.2, 0.25) is 0 Å². The maximum absolute atomic E-state index is 8.93. The Kier molecular flexibility index (Phi) is 3.81. The summed E-state index contributed by atoms with van der Waals surface area (Å²) in [6, 6.07) is 4.64.